The van der Waals surface area contributed by atoms with Crippen LogP contribution in [0, 0.1) is 33.1 Å². The van der Waals surface area contributed by atoms with Gasteiger partial charge in [0.2, 0.25) is 0 Å². The molecule has 0 unspecified atom stereocenters. The molecule has 0 amide bonds. The molecular formula is C13H16O. The first-order chi connectivity index (χ1) is 6.65. The Hall–Kier alpha value is -1.42. The summed E-state index contributed by atoms with van der Waals surface area (Å²) >= 11 is 0. The van der Waals surface area contributed by atoms with E-state index in [1.54, 1.807) is 0 Å². The Balaban J connectivity index is 2.81. The van der Waals surface area contributed by atoms with Gasteiger partial charge in [-0.3, -0.25) is 0 Å². The number of hydrogen-bond donors (Lipinski definition) is 0. The molecule has 1 heteroatoms. The number of terminal acetylenes is 1. The second kappa shape index (κ2) is 4.72. The highest BCUT2D eigenvalue weighted by Crippen LogP contribution is 2.24. The van der Waals surface area contributed by atoms with Crippen molar-refractivity contribution in [1.29, 1.82) is 0 Å². The van der Waals surface area contributed by atoms with Crippen LogP contribution in [-0.2, 0) is 0 Å². The van der Waals surface area contributed by atoms with Crippen molar-refractivity contribution >= 4 is 0 Å². The maximum absolute atomic E-state index is 5.62. The van der Waals surface area contributed by atoms with E-state index in [0.29, 0.717) is 13.0 Å². The van der Waals surface area contributed by atoms with E-state index in [2.05, 4.69) is 38.8 Å². The molecule has 0 bridgehead atoms. The third-order valence-electron chi connectivity index (χ3n) is 2.10. The molecule has 0 heterocycles. The van der Waals surface area contributed by atoms with Gasteiger partial charge in [-0.25, -0.2) is 0 Å². The van der Waals surface area contributed by atoms with Gasteiger partial charge in [-0.15, -0.1) is 12.3 Å². The van der Waals surface area contributed by atoms with E-state index in [1.807, 2.05) is 0 Å². The number of aryl methyl sites for hydroxylation is 3. The van der Waals surface area contributed by atoms with Gasteiger partial charge in [-0.1, -0.05) is 17.7 Å². The molecule has 0 atom stereocenters. The van der Waals surface area contributed by atoms with Crippen molar-refractivity contribution in [3.63, 3.8) is 0 Å². The Kier molecular flexibility index (Phi) is 3.59. The first-order valence-electron chi connectivity index (χ1n) is 4.79. The summed E-state index contributed by atoms with van der Waals surface area (Å²) in [7, 11) is 0. The lowest BCUT2D eigenvalue weighted by atomic mass is 10.1. The quantitative estimate of drug-likeness (QED) is 0.523. The third-order valence-corrected chi connectivity index (χ3v) is 2.10. The highest BCUT2D eigenvalue weighted by atomic mass is 16.5. The molecule has 1 aromatic carbocycles. The van der Waals surface area contributed by atoms with Gasteiger partial charge in [0, 0.05) is 6.42 Å². The lowest BCUT2D eigenvalue weighted by Crippen LogP contribution is -2.00. The standard InChI is InChI=1S/C13H16O/c1-5-6-7-14-13-11(3)8-10(2)9-12(13)4/h1,8-9H,6-7H2,2-4H3. The Labute approximate surface area is 86.1 Å². The van der Waals surface area contributed by atoms with E-state index >= 15 is 0 Å². The van der Waals surface area contributed by atoms with E-state index in [0.717, 1.165) is 5.75 Å². The monoisotopic (exact) mass is 188 g/mol. The van der Waals surface area contributed by atoms with Crippen LogP contribution in [0.15, 0.2) is 12.1 Å². The molecule has 0 aliphatic rings. The Morgan fingerprint density at radius 1 is 1.21 bits per heavy atom. The van der Waals surface area contributed by atoms with Crippen LogP contribution in [-0.4, -0.2) is 6.61 Å². The largest absolute Gasteiger partial charge is 0.492 e. The summed E-state index contributed by atoms with van der Waals surface area (Å²) in [6.07, 6.45) is 5.82. The molecular weight excluding hydrogens is 172 g/mol. The van der Waals surface area contributed by atoms with Crippen LogP contribution < -0.4 is 4.74 Å². The average molecular weight is 188 g/mol. The summed E-state index contributed by atoms with van der Waals surface area (Å²) in [6.45, 7) is 6.81. The van der Waals surface area contributed by atoms with Crippen LogP contribution >= 0.6 is 0 Å². The van der Waals surface area contributed by atoms with Crippen LogP contribution in [0.2, 0.25) is 0 Å². The maximum atomic E-state index is 5.62. The van der Waals surface area contributed by atoms with Crippen LogP contribution in [0.1, 0.15) is 23.1 Å². The maximum Gasteiger partial charge on any atom is 0.125 e. The summed E-state index contributed by atoms with van der Waals surface area (Å²) in [4.78, 5) is 0. The number of benzene rings is 1. The van der Waals surface area contributed by atoms with Gasteiger partial charge in [0.05, 0.1) is 6.61 Å². The fraction of sp³-hybridized carbons (Fsp3) is 0.385. The molecule has 0 aromatic heterocycles. The fourth-order valence-electron chi connectivity index (χ4n) is 1.61. The number of ether oxygens (including phenoxy) is 1. The molecule has 0 spiro atoms. The normalized spacial score (nSPS) is 9.57. The predicted octanol–water partition coefficient (Wildman–Crippen LogP) is 3.01. The van der Waals surface area contributed by atoms with Crippen molar-refractivity contribution in [1.82, 2.24) is 0 Å². The molecule has 14 heavy (non-hydrogen) atoms. The first kappa shape index (κ1) is 10.7. The van der Waals surface area contributed by atoms with E-state index in [9.17, 15) is 0 Å². The minimum absolute atomic E-state index is 0.598. The van der Waals surface area contributed by atoms with E-state index in [-0.39, 0.29) is 0 Å². The van der Waals surface area contributed by atoms with Gasteiger partial charge in [0.15, 0.2) is 0 Å². The van der Waals surface area contributed by atoms with Crippen molar-refractivity contribution in [3.8, 4) is 18.1 Å². The second-order valence-corrected chi connectivity index (χ2v) is 3.53. The fourth-order valence-corrected chi connectivity index (χ4v) is 1.61. The van der Waals surface area contributed by atoms with Crippen molar-refractivity contribution in [2.24, 2.45) is 0 Å². The van der Waals surface area contributed by atoms with Gasteiger partial charge in [-0.05, 0) is 31.9 Å². The molecule has 74 valence electrons. The van der Waals surface area contributed by atoms with E-state index in [1.165, 1.54) is 16.7 Å². The van der Waals surface area contributed by atoms with Crippen LogP contribution in [0.25, 0.3) is 0 Å². The molecule has 0 N–H and O–H groups in total. The molecule has 0 saturated heterocycles. The topological polar surface area (TPSA) is 9.23 Å². The van der Waals surface area contributed by atoms with E-state index in [4.69, 9.17) is 11.2 Å². The lowest BCUT2D eigenvalue weighted by Gasteiger charge is -2.11. The number of hydrogen-bond acceptors (Lipinski definition) is 1. The van der Waals surface area contributed by atoms with Gasteiger partial charge < -0.3 is 4.74 Å². The zero-order chi connectivity index (χ0) is 10.6. The Morgan fingerprint density at radius 3 is 2.29 bits per heavy atom. The predicted molar refractivity (Wildman–Crippen MR) is 59.6 cm³/mol. The van der Waals surface area contributed by atoms with E-state index < -0.39 is 0 Å². The number of rotatable bonds is 3. The first-order valence-corrected chi connectivity index (χ1v) is 4.79. The van der Waals surface area contributed by atoms with Crippen molar-refractivity contribution in [2.75, 3.05) is 6.61 Å². The molecule has 1 rings (SSSR count). The molecule has 1 aromatic rings. The Bertz CT molecular complexity index is 335. The zero-order valence-corrected chi connectivity index (χ0v) is 9.05. The summed E-state index contributed by atoms with van der Waals surface area (Å²) in [5, 5.41) is 0. The summed E-state index contributed by atoms with van der Waals surface area (Å²) in [5.74, 6) is 3.54. The molecule has 0 aliphatic heterocycles. The van der Waals surface area contributed by atoms with Crippen molar-refractivity contribution in [3.05, 3.63) is 28.8 Å². The minimum atomic E-state index is 0.598. The summed E-state index contributed by atoms with van der Waals surface area (Å²) in [5.41, 5.74) is 3.63. The lowest BCUT2D eigenvalue weighted by molar-refractivity contribution is 0.322. The van der Waals surface area contributed by atoms with Crippen LogP contribution in [0.5, 0.6) is 5.75 Å². The zero-order valence-electron chi connectivity index (χ0n) is 9.05. The summed E-state index contributed by atoms with van der Waals surface area (Å²) in [6, 6.07) is 4.25. The SMILES string of the molecule is C#CCCOc1c(C)cc(C)cc1C. The second-order valence-electron chi connectivity index (χ2n) is 3.53. The van der Waals surface area contributed by atoms with Crippen molar-refractivity contribution < 1.29 is 4.74 Å². The van der Waals surface area contributed by atoms with Crippen LogP contribution in [0.3, 0.4) is 0 Å². The molecule has 0 fully saturated rings. The third kappa shape index (κ3) is 2.53. The molecule has 1 nitrogen and oxygen atoms in total. The molecule has 0 aliphatic carbocycles. The molecule has 0 radical (unpaired) electrons. The Morgan fingerprint density at radius 2 is 1.79 bits per heavy atom. The summed E-state index contributed by atoms with van der Waals surface area (Å²) < 4.78 is 5.62. The van der Waals surface area contributed by atoms with Crippen molar-refractivity contribution in [2.45, 2.75) is 27.2 Å². The van der Waals surface area contributed by atoms with Gasteiger partial charge in [-0.2, -0.15) is 0 Å². The minimum Gasteiger partial charge on any atom is -0.492 e. The van der Waals surface area contributed by atoms with Gasteiger partial charge in [0.25, 0.3) is 0 Å². The average Bonchev–Trinajstić information content (AvgIpc) is 2.09. The highest BCUT2D eigenvalue weighted by molar-refractivity contribution is 5.42. The van der Waals surface area contributed by atoms with Gasteiger partial charge in [0.1, 0.15) is 5.75 Å². The van der Waals surface area contributed by atoms with Crippen LogP contribution in [0.4, 0.5) is 0 Å². The highest BCUT2D eigenvalue weighted by Gasteiger charge is 2.03. The smallest absolute Gasteiger partial charge is 0.125 e. The molecule has 0 saturated carbocycles. The van der Waals surface area contributed by atoms with Gasteiger partial charge >= 0.3 is 0 Å².